The van der Waals surface area contributed by atoms with Gasteiger partial charge in [0.25, 0.3) is 5.91 Å². The highest BCUT2D eigenvalue weighted by Gasteiger charge is 2.27. The quantitative estimate of drug-likeness (QED) is 0.855. The number of hydrogen-bond acceptors (Lipinski definition) is 3. The summed E-state index contributed by atoms with van der Waals surface area (Å²) in [4.78, 5) is 13.6. The fourth-order valence-corrected chi connectivity index (χ4v) is 2.25. The number of amides is 1. The van der Waals surface area contributed by atoms with Crippen molar-refractivity contribution in [3.63, 3.8) is 0 Å². The van der Waals surface area contributed by atoms with Crippen LogP contribution in [0.1, 0.15) is 17.2 Å². The number of hydrogen-bond donors (Lipinski definition) is 2. The van der Waals surface area contributed by atoms with Gasteiger partial charge in [-0.1, -0.05) is 60.7 Å². The summed E-state index contributed by atoms with van der Waals surface area (Å²) in [7, 11) is 1.63. The van der Waals surface area contributed by atoms with E-state index in [2.05, 4.69) is 0 Å². The van der Waals surface area contributed by atoms with Crippen molar-refractivity contribution in [2.45, 2.75) is 18.6 Å². The van der Waals surface area contributed by atoms with Crippen LogP contribution in [0.25, 0.3) is 0 Å². The highest BCUT2D eigenvalue weighted by molar-refractivity contribution is 5.81. The van der Waals surface area contributed by atoms with Gasteiger partial charge in [0.15, 0.2) is 6.10 Å². The summed E-state index contributed by atoms with van der Waals surface area (Å²) in [6.45, 7) is 0.488. The third-order valence-corrected chi connectivity index (χ3v) is 3.65. The fourth-order valence-electron chi connectivity index (χ4n) is 2.25. The minimum Gasteiger partial charge on any atom is -0.385 e. The Morgan fingerprint density at radius 1 is 1.00 bits per heavy atom. The Morgan fingerprint density at radius 2 is 1.55 bits per heavy atom. The molecule has 0 aliphatic carbocycles. The monoisotopic (exact) mass is 299 g/mol. The number of likely N-dealkylation sites (N-methyl/N-ethyl adjacent to an activating group) is 1. The molecule has 0 saturated heterocycles. The summed E-state index contributed by atoms with van der Waals surface area (Å²) in [5.41, 5.74) is 1.65. The van der Waals surface area contributed by atoms with Crippen molar-refractivity contribution in [3.05, 3.63) is 71.8 Å². The maximum Gasteiger partial charge on any atom is 0.254 e. The van der Waals surface area contributed by atoms with Crippen LogP contribution in [0.15, 0.2) is 60.7 Å². The Morgan fingerprint density at radius 3 is 2.14 bits per heavy atom. The van der Waals surface area contributed by atoms with Crippen molar-refractivity contribution >= 4 is 5.91 Å². The molecule has 0 bridgehead atoms. The summed E-state index contributed by atoms with van der Waals surface area (Å²) in [5, 5.41) is 20.2. The van der Waals surface area contributed by atoms with Gasteiger partial charge in [0, 0.05) is 13.6 Å². The van der Waals surface area contributed by atoms with E-state index in [1.165, 1.54) is 4.90 Å². The lowest BCUT2D eigenvalue weighted by Crippen LogP contribution is -2.40. The molecule has 1 amide bonds. The maximum atomic E-state index is 12.2. The van der Waals surface area contributed by atoms with E-state index in [0.29, 0.717) is 18.5 Å². The van der Waals surface area contributed by atoms with Crippen molar-refractivity contribution in [3.8, 4) is 0 Å². The molecular formula is C18H21NO3. The minimum absolute atomic E-state index is 0.479. The van der Waals surface area contributed by atoms with E-state index < -0.39 is 18.1 Å². The van der Waals surface area contributed by atoms with Crippen molar-refractivity contribution < 1.29 is 15.0 Å². The minimum atomic E-state index is -1.46. The molecule has 0 aromatic heterocycles. The van der Waals surface area contributed by atoms with Gasteiger partial charge in [-0.15, -0.1) is 0 Å². The molecule has 0 aliphatic heterocycles. The summed E-state index contributed by atoms with van der Waals surface area (Å²) in [5.74, 6) is -0.479. The van der Waals surface area contributed by atoms with Gasteiger partial charge in [-0.2, -0.15) is 0 Å². The Hall–Kier alpha value is -2.17. The first-order chi connectivity index (χ1) is 10.6. The highest BCUT2D eigenvalue weighted by Crippen LogP contribution is 2.17. The fraction of sp³-hybridized carbons (Fsp3) is 0.278. The molecule has 0 aliphatic rings. The van der Waals surface area contributed by atoms with Crippen LogP contribution in [-0.2, 0) is 11.2 Å². The summed E-state index contributed by atoms with van der Waals surface area (Å²) in [6.07, 6.45) is -1.96. The van der Waals surface area contributed by atoms with E-state index in [1.807, 2.05) is 36.4 Å². The first kappa shape index (κ1) is 16.2. The van der Waals surface area contributed by atoms with Crippen LogP contribution in [0.4, 0.5) is 0 Å². The molecule has 2 rings (SSSR count). The number of rotatable bonds is 6. The molecule has 0 fully saturated rings. The lowest BCUT2D eigenvalue weighted by molar-refractivity contribution is -0.145. The summed E-state index contributed by atoms with van der Waals surface area (Å²) in [6, 6.07) is 18.5. The predicted octanol–water partition coefficient (Wildman–Crippen LogP) is 1.78. The molecule has 4 nitrogen and oxygen atoms in total. The number of benzene rings is 2. The van der Waals surface area contributed by atoms with E-state index >= 15 is 0 Å². The van der Waals surface area contributed by atoms with Gasteiger partial charge in [-0.25, -0.2) is 0 Å². The van der Waals surface area contributed by atoms with Crippen LogP contribution in [0, 0.1) is 0 Å². The van der Waals surface area contributed by atoms with Crippen LogP contribution in [-0.4, -0.2) is 40.7 Å². The molecule has 0 heterocycles. The molecule has 2 aromatic rings. The lowest BCUT2D eigenvalue weighted by Gasteiger charge is -2.24. The largest absolute Gasteiger partial charge is 0.385 e. The van der Waals surface area contributed by atoms with Gasteiger partial charge in [-0.05, 0) is 17.5 Å². The van der Waals surface area contributed by atoms with E-state index in [0.717, 1.165) is 5.56 Å². The third kappa shape index (κ3) is 4.16. The van der Waals surface area contributed by atoms with Gasteiger partial charge in [0.2, 0.25) is 0 Å². The number of aliphatic hydroxyl groups excluding tert-OH is 2. The second kappa shape index (κ2) is 7.73. The van der Waals surface area contributed by atoms with E-state index in [4.69, 9.17) is 0 Å². The molecule has 2 atom stereocenters. The van der Waals surface area contributed by atoms with Crippen molar-refractivity contribution in [2.75, 3.05) is 13.6 Å². The molecule has 2 unspecified atom stereocenters. The molecule has 0 radical (unpaired) electrons. The Kier molecular flexibility index (Phi) is 5.69. The second-order valence-electron chi connectivity index (χ2n) is 5.30. The van der Waals surface area contributed by atoms with Gasteiger partial charge in [0.1, 0.15) is 6.10 Å². The van der Waals surface area contributed by atoms with Crippen LogP contribution >= 0.6 is 0 Å². The Labute approximate surface area is 130 Å². The molecule has 4 heteroatoms. The van der Waals surface area contributed by atoms with Crippen molar-refractivity contribution in [1.82, 2.24) is 4.90 Å². The molecule has 0 saturated carbocycles. The average molecular weight is 299 g/mol. The third-order valence-electron chi connectivity index (χ3n) is 3.65. The van der Waals surface area contributed by atoms with Crippen molar-refractivity contribution in [1.29, 1.82) is 0 Å². The predicted molar refractivity (Wildman–Crippen MR) is 85.2 cm³/mol. The molecule has 2 aromatic carbocycles. The standard InChI is InChI=1S/C18H21NO3/c1-19(13-12-14-8-4-2-5-9-14)18(22)17(21)16(20)15-10-6-3-7-11-15/h2-11,16-17,20-21H,12-13H2,1H3. The summed E-state index contributed by atoms with van der Waals surface area (Å²) >= 11 is 0. The Bertz CT molecular complexity index is 586. The summed E-state index contributed by atoms with van der Waals surface area (Å²) < 4.78 is 0. The number of carbonyl (C=O) groups is 1. The molecule has 2 N–H and O–H groups in total. The smallest absolute Gasteiger partial charge is 0.254 e. The number of aliphatic hydroxyl groups is 2. The normalized spacial score (nSPS) is 13.4. The van der Waals surface area contributed by atoms with Gasteiger partial charge < -0.3 is 15.1 Å². The second-order valence-corrected chi connectivity index (χ2v) is 5.30. The van der Waals surface area contributed by atoms with Crippen LogP contribution in [0.2, 0.25) is 0 Å². The zero-order valence-electron chi connectivity index (χ0n) is 12.6. The molecule has 116 valence electrons. The molecule has 0 spiro atoms. The molecule has 22 heavy (non-hydrogen) atoms. The zero-order chi connectivity index (χ0) is 15.9. The molecular weight excluding hydrogens is 278 g/mol. The van der Waals surface area contributed by atoms with E-state index in [-0.39, 0.29) is 0 Å². The van der Waals surface area contributed by atoms with Gasteiger partial charge >= 0.3 is 0 Å². The van der Waals surface area contributed by atoms with Crippen LogP contribution < -0.4 is 0 Å². The SMILES string of the molecule is CN(CCc1ccccc1)C(=O)C(O)C(O)c1ccccc1. The van der Waals surface area contributed by atoms with Crippen LogP contribution in [0.5, 0.6) is 0 Å². The average Bonchev–Trinajstić information content (AvgIpc) is 2.59. The Balaban J connectivity index is 1.92. The number of carbonyl (C=O) groups excluding carboxylic acids is 1. The zero-order valence-corrected chi connectivity index (χ0v) is 12.6. The van der Waals surface area contributed by atoms with Gasteiger partial charge in [-0.3, -0.25) is 4.79 Å². The first-order valence-electron chi connectivity index (χ1n) is 7.29. The van der Waals surface area contributed by atoms with Crippen molar-refractivity contribution in [2.24, 2.45) is 0 Å². The van der Waals surface area contributed by atoms with E-state index in [9.17, 15) is 15.0 Å². The highest BCUT2D eigenvalue weighted by atomic mass is 16.3. The van der Waals surface area contributed by atoms with Crippen LogP contribution in [0.3, 0.4) is 0 Å². The maximum absolute atomic E-state index is 12.2. The topological polar surface area (TPSA) is 60.8 Å². The lowest BCUT2D eigenvalue weighted by atomic mass is 10.0. The number of nitrogens with zero attached hydrogens (tertiary/aromatic N) is 1. The van der Waals surface area contributed by atoms with E-state index in [1.54, 1.807) is 31.3 Å². The van der Waals surface area contributed by atoms with Gasteiger partial charge in [0.05, 0.1) is 0 Å². The first-order valence-corrected chi connectivity index (χ1v) is 7.29.